The lowest BCUT2D eigenvalue weighted by Crippen LogP contribution is -2.30. The molecule has 2 heterocycles. The highest BCUT2D eigenvalue weighted by molar-refractivity contribution is 6.30. The zero-order valence-corrected chi connectivity index (χ0v) is 9.41. The third-order valence-electron chi connectivity index (χ3n) is 2.35. The van der Waals surface area contributed by atoms with E-state index in [2.05, 4.69) is 20.4 Å². The second-order valence-electron chi connectivity index (χ2n) is 3.52. The number of nitrogens with zero attached hydrogens (tertiary/aromatic N) is 6. The third-order valence-corrected chi connectivity index (χ3v) is 2.58. The number of anilines is 1. The molecule has 17 heavy (non-hydrogen) atoms. The molecule has 0 atom stereocenters. The van der Waals surface area contributed by atoms with E-state index in [-0.39, 0.29) is 5.95 Å². The summed E-state index contributed by atoms with van der Waals surface area (Å²) in [6.45, 7) is 0.540. The van der Waals surface area contributed by atoms with Crippen LogP contribution >= 0.6 is 11.6 Å². The SMILES string of the molecule is Nc1ncn(N2Cc3ccc(Cl)cc3N=N2)n1. The summed E-state index contributed by atoms with van der Waals surface area (Å²) in [4.78, 5) is 5.27. The maximum absolute atomic E-state index is 5.87. The first-order valence-electron chi connectivity index (χ1n) is 4.87. The molecule has 0 spiro atoms. The molecule has 0 saturated carbocycles. The second kappa shape index (κ2) is 3.70. The molecule has 0 fully saturated rings. The second-order valence-corrected chi connectivity index (χ2v) is 3.95. The van der Waals surface area contributed by atoms with Crippen molar-refractivity contribution in [3.05, 3.63) is 35.1 Å². The Balaban J connectivity index is 1.94. The number of hydrogen-bond donors (Lipinski definition) is 1. The molecule has 0 unspecified atom stereocenters. The minimum atomic E-state index is 0.196. The van der Waals surface area contributed by atoms with Gasteiger partial charge in [0.1, 0.15) is 6.33 Å². The highest BCUT2D eigenvalue weighted by atomic mass is 35.5. The van der Waals surface area contributed by atoms with Gasteiger partial charge in [0.15, 0.2) is 0 Å². The van der Waals surface area contributed by atoms with Gasteiger partial charge in [-0.1, -0.05) is 17.7 Å². The highest BCUT2D eigenvalue weighted by Gasteiger charge is 2.15. The van der Waals surface area contributed by atoms with Crippen LogP contribution in [0.1, 0.15) is 5.56 Å². The van der Waals surface area contributed by atoms with Crippen LogP contribution in [0.15, 0.2) is 34.9 Å². The Hall–Kier alpha value is -2.15. The third kappa shape index (κ3) is 1.80. The summed E-state index contributed by atoms with van der Waals surface area (Å²) >= 11 is 5.87. The number of aromatic nitrogens is 3. The van der Waals surface area contributed by atoms with E-state index >= 15 is 0 Å². The smallest absolute Gasteiger partial charge is 0.241 e. The largest absolute Gasteiger partial charge is 0.366 e. The van der Waals surface area contributed by atoms with Crippen LogP contribution in [0.4, 0.5) is 11.6 Å². The topological polar surface area (TPSA) is 84.7 Å². The summed E-state index contributed by atoms with van der Waals surface area (Å²) in [5.74, 6) is 0.196. The van der Waals surface area contributed by atoms with Gasteiger partial charge in [0, 0.05) is 10.6 Å². The maximum atomic E-state index is 5.87. The average Bonchev–Trinajstić information content (AvgIpc) is 2.75. The summed E-state index contributed by atoms with van der Waals surface area (Å²) in [7, 11) is 0. The zero-order valence-electron chi connectivity index (χ0n) is 8.66. The molecule has 1 aliphatic rings. The molecule has 86 valence electrons. The number of nitrogens with two attached hydrogens (primary N) is 1. The lowest BCUT2D eigenvalue weighted by molar-refractivity contribution is 0.514. The molecule has 2 aromatic rings. The van der Waals surface area contributed by atoms with E-state index in [1.54, 1.807) is 11.2 Å². The molecule has 0 bridgehead atoms. The number of fused-ring (bicyclic) bond motifs is 1. The fourth-order valence-corrected chi connectivity index (χ4v) is 1.71. The van der Waals surface area contributed by atoms with E-state index in [1.807, 2.05) is 12.1 Å². The van der Waals surface area contributed by atoms with Gasteiger partial charge < -0.3 is 5.73 Å². The van der Waals surface area contributed by atoms with Crippen LogP contribution in [-0.2, 0) is 6.54 Å². The summed E-state index contributed by atoms with van der Waals surface area (Å²) in [6, 6.07) is 5.49. The lowest BCUT2D eigenvalue weighted by atomic mass is 10.2. The maximum Gasteiger partial charge on any atom is 0.241 e. The fraction of sp³-hybridized carbons (Fsp3) is 0.111. The van der Waals surface area contributed by atoms with E-state index in [0.717, 1.165) is 11.3 Å². The Kier molecular flexibility index (Phi) is 2.19. The van der Waals surface area contributed by atoms with E-state index in [0.29, 0.717) is 11.6 Å². The standard InChI is InChI=1S/C9H8ClN7/c10-7-2-1-6-4-16(15-13-8(6)3-7)17-5-12-9(11)14-17/h1-3,5H,4H2,(H2,11,14). The van der Waals surface area contributed by atoms with Crippen LogP contribution in [0.3, 0.4) is 0 Å². The van der Waals surface area contributed by atoms with Crippen molar-refractivity contribution < 1.29 is 0 Å². The normalized spacial score (nSPS) is 13.8. The molecule has 1 aromatic carbocycles. The highest BCUT2D eigenvalue weighted by Crippen LogP contribution is 2.28. The molecule has 7 nitrogen and oxygen atoms in total. The summed E-state index contributed by atoms with van der Waals surface area (Å²) in [5.41, 5.74) is 7.22. The molecule has 0 radical (unpaired) electrons. The minimum absolute atomic E-state index is 0.196. The fourth-order valence-electron chi connectivity index (χ4n) is 1.54. The molecular formula is C9H8ClN7. The van der Waals surface area contributed by atoms with Crippen LogP contribution in [-0.4, -0.2) is 14.9 Å². The Bertz CT molecular complexity index is 591. The van der Waals surface area contributed by atoms with Crippen molar-refractivity contribution in [3.63, 3.8) is 0 Å². The van der Waals surface area contributed by atoms with Crippen molar-refractivity contribution in [3.8, 4) is 0 Å². The first-order valence-corrected chi connectivity index (χ1v) is 5.25. The van der Waals surface area contributed by atoms with Crippen molar-refractivity contribution in [1.29, 1.82) is 0 Å². The van der Waals surface area contributed by atoms with Gasteiger partial charge in [0.05, 0.1) is 12.2 Å². The van der Waals surface area contributed by atoms with Gasteiger partial charge in [-0.05, 0) is 17.4 Å². The molecule has 0 saturated heterocycles. The van der Waals surface area contributed by atoms with Crippen LogP contribution in [0.2, 0.25) is 5.02 Å². The number of hydrogen-bond acceptors (Lipinski definition) is 6. The van der Waals surface area contributed by atoms with Crippen molar-refractivity contribution in [2.45, 2.75) is 6.54 Å². The van der Waals surface area contributed by atoms with Crippen molar-refractivity contribution in [1.82, 2.24) is 14.9 Å². The molecule has 3 rings (SSSR count). The molecule has 0 aliphatic carbocycles. The summed E-state index contributed by atoms with van der Waals surface area (Å²) in [6.07, 6.45) is 1.48. The van der Waals surface area contributed by atoms with Crippen LogP contribution in [0.25, 0.3) is 0 Å². The number of benzene rings is 1. The first kappa shape index (κ1) is 10.0. The molecule has 0 amide bonds. The first-order chi connectivity index (χ1) is 8.22. The Morgan fingerprint density at radius 2 is 2.24 bits per heavy atom. The van der Waals surface area contributed by atoms with Gasteiger partial charge in [0.25, 0.3) is 0 Å². The minimum Gasteiger partial charge on any atom is -0.366 e. The van der Waals surface area contributed by atoms with Gasteiger partial charge >= 0.3 is 0 Å². The van der Waals surface area contributed by atoms with Gasteiger partial charge in [0.2, 0.25) is 5.95 Å². The van der Waals surface area contributed by atoms with Crippen molar-refractivity contribution >= 4 is 23.2 Å². The van der Waals surface area contributed by atoms with E-state index in [1.165, 1.54) is 11.1 Å². The summed E-state index contributed by atoms with van der Waals surface area (Å²) < 4.78 is 0. The number of nitrogen functional groups attached to an aromatic ring is 1. The summed E-state index contributed by atoms with van der Waals surface area (Å²) in [5, 5.41) is 14.2. The van der Waals surface area contributed by atoms with E-state index in [4.69, 9.17) is 17.3 Å². The van der Waals surface area contributed by atoms with Crippen LogP contribution in [0.5, 0.6) is 0 Å². The molecular weight excluding hydrogens is 242 g/mol. The quantitative estimate of drug-likeness (QED) is 0.833. The predicted octanol–water partition coefficient (Wildman–Crippen LogP) is 1.66. The van der Waals surface area contributed by atoms with Gasteiger partial charge in [-0.15, -0.1) is 15.0 Å². The zero-order chi connectivity index (χ0) is 11.8. The van der Waals surface area contributed by atoms with Gasteiger partial charge in [-0.3, -0.25) is 0 Å². The van der Waals surface area contributed by atoms with Crippen molar-refractivity contribution in [2.24, 2.45) is 10.3 Å². The average molecular weight is 250 g/mol. The molecule has 1 aromatic heterocycles. The van der Waals surface area contributed by atoms with E-state index < -0.39 is 0 Å². The van der Waals surface area contributed by atoms with Crippen LogP contribution < -0.4 is 10.9 Å². The molecule has 2 N–H and O–H groups in total. The molecule has 8 heteroatoms. The Morgan fingerprint density at radius 1 is 1.35 bits per heavy atom. The van der Waals surface area contributed by atoms with Crippen LogP contribution in [0, 0.1) is 0 Å². The number of halogens is 1. The van der Waals surface area contributed by atoms with Gasteiger partial charge in [-0.25, -0.2) is 0 Å². The number of rotatable bonds is 1. The van der Waals surface area contributed by atoms with Crippen molar-refractivity contribution in [2.75, 3.05) is 10.9 Å². The predicted molar refractivity (Wildman–Crippen MR) is 62.3 cm³/mol. The lowest BCUT2D eigenvalue weighted by Gasteiger charge is -2.20. The Morgan fingerprint density at radius 3 is 3.00 bits per heavy atom. The van der Waals surface area contributed by atoms with E-state index in [9.17, 15) is 0 Å². The monoisotopic (exact) mass is 249 g/mol. The Labute approximate surface area is 101 Å². The van der Waals surface area contributed by atoms with Gasteiger partial charge in [-0.2, -0.15) is 10.1 Å². The molecule has 1 aliphatic heterocycles.